The van der Waals surface area contributed by atoms with E-state index in [4.69, 9.17) is 4.74 Å². The van der Waals surface area contributed by atoms with E-state index in [-0.39, 0.29) is 11.5 Å². The number of benzene rings is 2. The number of nitrogens with zero attached hydrogens (tertiary/aromatic N) is 4. The minimum absolute atomic E-state index is 0.158. The number of carbonyl (C=O) groups excluding carboxylic acids is 1. The molecule has 0 aliphatic carbocycles. The van der Waals surface area contributed by atoms with Crippen LogP contribution in [0.4, 0.5) is 5.82 Å². The van der Waals surface area contributed by atoms with Crippen LogP contribution in [-0.4, -0.2) is 53.9 Å². The fourth-order valence-electron chi connectivity index (χ4n) is 4.00. The zero-order chi connectivity index (χ0) is 23.4. The van der Waals surface area contributed by atoms with E-state index in [2.05, 4.69) is 10.00 Å². The third kappa shape index (κ3) is 5.25. The molecule has 0 unspecified atom stereocenters. The lowest BCUT2D eigenvalue weighted by Crippen LogP contribution is -2.49. The Bertz CT molecular complexity index is 1180. The van der Waals surface area contributed by atoms with Crippen LogP contribution in [-0.2, 0) is 11.2 Å². The third-order valence-electron chi connectivity index (χ3n) is 6.26. The summed E-state index contributed by atoms with van der Waals surface area (Å²) in [5.74, 6) is 1.73. The average molecular weight is 447 g/mol. The summed E-state index contributed by atoms with van der Waals surface area (Å²) in [6.07, 6.45) is 1.20. The fourth-order valence-corrected chi connectivity index (χ4v) is 4.00. The lowest BCUT2D eigenvalue weighted by Gasteiger charge is -2.35. The number of piperazine rings is 1. The Kier molecular flexibility index (Phi) is 6.77. The molecule has 0 atom stereocenters. The van der Waals surface area contributed by atoms with E-state index in [0.29, 0.717) is 39.0 Å². The van der Waals surface area contributed by atoms with Crippen LogP contribution in [0.1, 0.15) is 23.1 Å². The van der Waals surface area contributed by atoms with E-state index >= 15 is 0 Å². The van der Waals surface area contributed by atoms with E-state index in [1.54, 1.807) is 19.2 Å². The normalized spacial score (nSPS) is 13.8. The predicted molar refractivity (Wildman–Crippen MR) is 129 cm³/mol. The van der Waals surface area contributed by atoms with Gasteiger partial charge in [0.05, 0.1) is 12.8 Å². The fraction of sp³-hybridized carbons (Fsp3) is 0.346. The van der Waals surface area contributed by atoms with E-state index in [9.17, 15) is 9.59 Å². The Morgan fingerprint density at radius 2 is 1.67 bits per heavy atom. The van der Waals surface area contributed by atoms with Gasteiger partial charge in [0.2, 0.25) is 5.91 Å². The summed E-state index contributed by atoms with van der Waals surface area (Å²) < 4.78 is 6.63. The molecule has 33 heavy (non-hydrogen) atoms. The van der Waals surface area contributed by atoms with E-state index in [1.807, 2.05) is 61.2 Å². The van der Waals surface area contributed by atoms with Gasteiger partial charge in [0.1, 0.15) is 11.6 Å². The highest BCUT2D eigenvalue weighted by Gasteiger charge is 2.22. The van der Waals surface area contributed by atoms with Gasteiger partial charge in [-0.3, -0.25) is 9.59 Å². The Morgan fingerprint density at radius 3 is 2.33 bits per heavy atom. The first-order valence-corrected chi connectivity index (χ1v) is 11.3. The van der Waals surface area contributed by atoms with Crippen LogP contribution in [0.3, 0.4) is 0 Å². The smallest absolute Gasteiger partial charge is 0.271 e. The molecule has 0 spiro atoms. The Morgan fingerprint density at radius 1 is 0.939 bits per heavy atom. The maximum Gasteiger partial charge on any atom is 0.271 e. The van der Waals surface area contributed by atoms with Crippen molar-refractivity contribution in [1.29, 1.82) is 0 Å². The molecule has 1 amide bonds. The molecule has 1 aliphatic rings. The second-order valence-electron chi connectivity index (χ2n) is 8.43. The summed E-state index contributed by atoms with van der Waals surface area (Å²) in [5, 5.41) is 4.61. The summed E-state index contributed by atoms with van der Waals surface area (Å²) in [7, 11) is 1.64. The van der Waals surface area contributed by atoms with Gasteiger partial charge in [-0.1, -0.05) is 18.2 Å². The molecule has 0 saturated carbocycles. The number of carbonyl (C=O) groups is 1. The molecule has 3 aromatic rings. The number of hydrogen-bond acceptors (Lipinski definition) is 5. The number of aromatic nitrogens is 2. The van der Waals surface area contributed by atoms with Crippen LogP contribution in [0.5, 0.6) is 5.75 Å². The predicted octanol–water partition coefficient (Wildman–Crippen LogP) is 3.14. The van der Waals surface area contributed by atoms with Gasteiger partial charge in [0.15, 0.2) is 0 Å². The minimum atomic E-state index is -0.158. The van der Waals surface area contributed by atoms with Crippen molar-refractivity contribution in [2.24, 2.45) is 0 Å². The molecule has 0 bridgehead atoms. The van der Waals surface area contributed by atoms with Gasteiger partial charge in [-0.25, -0.2) is 0 Å². The van der Waals surface area contributed by atoms with Crippen LogP contribution < -0.4 is 15.2 Å². The number of rotatable bonds is 6. The van der Waals surface area contributed by atoms with Crippen molar-refractivity contribution in [1.82, 2.24) is 14.7 Å². The molecule has 172 valence electrons. The number of ether oxygens (including phenoxy) is 1. The number of anilines is 1. The monoisotopic (exact) mass is 446 g/mol. The lowest BCUT2D eigenvalue weighted by atomic mass is 10.1. The molecule has 0 radical (unpaired) electrons. The van der Waals surface area contributed by atoms with E-state index in [0.717, 1.165) is 28.4 Å². The second-order valence-corrected chi connectivity index (χ2v) is 8.43. The van der Waals surface area contributed by atoms with Crippen molar-refractivity contribution >= 4 is 11.7 Å². The molecule has 4 rings (SSSR count). The standard InChI is InChI=1S/C26H30N4O3/c1-19-4-8-22(18-20(19)2)30-26(32)13-11-24(27-30)28-14-16-29(17-15-28)25(31)12-7-21-5-9-23(33-3)10-6-21/h4-6,8-11,13,18H,7,12,14-17H2,1-3H3. The number of amides is 1. The molecular formula is C26H30N4O3. The lowest BCUT2D eigenvalue weighted by molar-refractivity contribution is -0.131. The molecular weight excluding hydrogens is 416 g/mol. The zero-order valence-electron chi connectivity index (χ0n) is 19.5. The molecule has 2 heterocycles. The summed E-state index contributed by atoms with van der Waals surface area (Å²) in [5.41, 5.74) is 4.02. The quantitative estimate of drug-likeness (QED) is 0.582. The highest BCUT2D eigenvalue weighted by Crippen LogP contribution is 2.17. The van der Waals surface area contributed by atoms with Gasteiger partial charge >= 0.3 is 0 Å². The highest BCUT2D eigenvalue weighted by molar-refractivity contribution is 5.76. The second kappa shape index (κ2) is 9.90. The molecule has 1 saturated heterocycles. The molecule has 7 heteroatoms. The summed E-state index contributed by atoms with van der Waals surface area (Å²) >= 11 is 0. The summed E-state index contributed by atoms with van der Waals surface area (Å²) in [6, 6.07) is 17.1. The average Bonchev–Trinajstić information content (AvgIpc) is 2.85. The first-order valence-electron chi connectivity index (χ1n) is 11.3. The van der Waals surface area contributed by atoms with Crippen LogP contribution in [0.15, 0.2) is 59.4 Å². The summed E-state index contributed by atoms with van der Waals surface area (Å²) in [6.45, 7) is 6.73. The van der Waals surface area contributed by atoms with E-state index in [1.165, 1.54) is 10.2 Å². The van der Waals surface area contributed by atoms with Gasteiger partial charge in [0, 0.05) is 38.7 Å². The largest absolute Gasteiger partial charge is 0.497 e. The Labute approximate surface area is 194 Å². The van der Waals surface area contributed by atoms with Crippen LogP contribution in [0.2, 0.25) is 0 Å². The first kappa shape index (κ1) is 22.6. The maximum atomic E-state index is 12.7. The zero-order valence-corrected chi connectivity index (χ0v) is 19.5. The molecule has 1 fully saturated rings. The minimum Gasteiger partial charge on any atom is -0.497 e. The van der Waals surface area contributed by atoms with Gasteiger partial charge in [0.25, 0.3) is 5.56 Å². The maximum absolute atomic E-state index is 12.7. The van der Waals surface area contributed by atoms with Crippen molar-refractivity contribution < 1.29 is 9.53 Å². The molecule has 1 aromatic heterocycles. The molecule has 1 aliphatic heterocycles. The molecule has 7 nitrogen and oxygen atoms in total. The van der Waals surface area contributed by atoms with Crippen molar-refractivity contribution in [3.05, 3.63) is 81.6 Å². The first-order chi connectivity index (χ1) is 15.9. The molecule has 0 N–H and O–H groups in total. The van der Waals surface area contributed by atoms with Crippen molar-refractivity contribution in [2.45, 2.75) is 26.7 Å². The van der Waals surface area contributed by atoms with E-state index < -0.39 is 0 Å². The SMILES string of the molecule is COc1ccc(CCC(=O)N2CCN(c3ccc(=O)n(-c4ccc(C)c(C)c4)n3)CC2)cc1. The van der Waals surface area contributed by atoms with Crippen LogP contribution >= 0.6 is 0 Å². The van der Waals surface area contributed by atoms with Gasteiger partial charge < -0.3 is 14.5 Å². The van der Waals surface area contributed by atoms with Crippen LogP contribution in [0.25, 0.3) is 5.69 Å². The van der Waals surface area contributed by atoms with Crippen molar-refractivity contribution in [3.63, 3.8) is 0 Å². The molecule has 2 aromatic carbocycles. The topological polar surface area (TPSA) is 67.7 Å². The summed E-state index contributed by atoms with van der Waals surface area (Å²) in [4.78, 5) is 29.2. The van der Waals surface area contributed by atoms with Gasteiger partial charge in [-0.05, 0) is 67.3 Å². The van der Waals surface area contributed by atoms with Crippen molar-refractivity contribution in [2.75, 3.05) is 38.2 Å². The Hall–Kier alpha value is -3.61. The highest BCUT2D eigenvalue weighted by atomic mass is 16.5. The van der Waals surface area contributed by atoms with Crippen LogP contribution in [0, 0.1) is 13.8 Å². The number of hydrogen-bond donors (Lipinski definition) is 0. The number of aryl methyl sites for hydroxylation is 3. The Balaban J connectivity index is 1.36. The number of methoxy groups -OCH3 is 1. The van der Waals surface area contributed by atoms with Gasteiger partial charge in [-0.15, -0.1) is 5.10 Å². The third-order valence-corrected chi connectivity index (χ3v) is 6.26. The van der Waals surface area contributed by atoms with Crippen molar-refractivity contribution in [3.8, 4) is 11.4 Å². The van der Waals surface area contributed by atoms with Gasteiger partial charge in [-0.2, -0.15) is 4.68 Å².